The lowest BCUT2D eigenvalue weighted by molar-refractivity contribution is 0.282. The van der Waals surface area contributed by atoms with Crippen molar-refractivity contribution in [1.82, 2.24) is 10.3 Å². The number of nitrogens with zero attached hydrogens (tertiary/aromatic N) is 1. The Hall–Kier alpha value is -1.71. The number of hydrogen-bond acceptors (Lipinski definition) is 3. The van der Waals surface area contributed by atoms with Gasteiger partial charge < -0.3 is 10.4 Å². The minimum Gasteiger partial charge on any atom is -0.392 e. The normalized spacial score (nSPS) is 12.3. The predicted molar refractivity (Wildman–Crippen MR) is 71.9 cm³/mol. The molecular formula is C15H18N2O. The van der Waals surface area contributed by atoms with Crippen LogP contribution in [0, 0.1) is 0 Å². The molecule has 0 radical (unpaired) electrons. The van der Waals surface area contributed by atoms with Crippen molar-refractivity contribution >= 4 is 0 Å². The smallest absolute Gasteiger partial charge is 0.0681 e. The number of pyridine rings is 1. The average molecular weight is 242 g/mol. The number of rotatable bonds is 5. The standard InChI is InChI=1S/C15H18N2O/c1-12(15-6-8-16-9-7-15)17-10-13-2-4-14(11-18)5-3-13/h2-9,12,17-18H,10-11H2,1H3. The molecule has 0 amide bonds. The van der Waals surface area contributed by atoms with Crippen LogP contribution < -0.4 is 5.32 Å². The Kier molecular flexibility index (Phi) is 4.45. The maximum Gasteiger partial charge on any atom is 0.0681 e. The molecule has 2 aromatic rings. The van der Waals surface area contributed by atoms with Crippen LogP contribution in [-0.2, 0) is 13.2 Å². The summed E-state index contributed by atoms with van der Waals surface area (Å²) in [6.45, 7) is 3.05. The van der Waals surface area contributed by atoms with Gasteiger partial charge in [0.05, 0.1) is 6.61 Å². The molecule has 0 saturated heterocycles. The van der Waals surface area contributed by atoms with Crippen molar-refractivity contribution in [3.63, 3.8) is 0 Å². The van der Waals surface area contributed by atoms with E-state index in [-0.39, 0.29) is 6.61 Å². The van der Waals surface area contributed by atoms with E-state index >= 15 is 0 Å². The Morgan fingerprint density at radius 2 is 1.67 bits per heavy atom. The zero-order valence-corrected chi connectivity index (χ0v) is 10.5. The molecule has 0 saturated carbocycles. The molecule has 0 aliphatic carbocycles. The van der Waals surface area contributed by atoms with Gasteiger partial charge in [-0.25, -0.2) is 0 Å². The fraction of sp³-hybridized carbons (Fsp3) is 0.267. The molecule has 0 aliphatic heterocycles. The van der Waals surface area contributed by atoms with Gasteiger partial charge in [0.25, 0.3) is 0 Å². The van der Waals surface area contributed by atoms with Crippen LogP contribution in [-0.4, -0.2) is 10.1 Å². The quantitative estimate of drug-likeness (QED) is 0.846. The van der Waals surface area contributed by atoms with Crippen LogP contribution in [0.3, 0.4) is 0 Å². The molecule has 0 fully saturated rings. The first-order chi connectivity index (χ1) is 8.79. The van der Waals surface area contributed by atoms with Gasteiger partial charge in [0, 0.05) is 25.0 Å². The Morgan fingerprint density at radius 3 is 2.28 bits per heavy atom. The number of aliphatic hydroxyl groups is 1. The van der Waals surface area contributed by atoms with Crippen LogP contribution >= 0.6 is 0 Å². The minimum absolute atomic E-state index is 0.0983. The maximum absolute atomic E-state index is 8.97. The molecule has 1 heterocycles. The van der Waals surface area contributed by atoms with E-state index < -0.39 is 0 Å². The summed E-state index contributed by atoms with van der Waals surface area (Å²) in [5, 5.41) is 12.4. The Morgan fingerprint density at radius 1 is 1.06 bits per heavy atom. The van der Waals surface area contributed by atoms with Crippen molar-refractivity contribution in [3.05, 3.63) is 65.5 Å². The summed E-state index contributed by atoms with van der Waals surface area (Å²) < 4.78 is 0. The van der Waals surface area contributed by atoms with Crippen molar-refractivity contribution in [2.24, 2.45) is 0 Å². The molecule has 1 atom stereocenters. The molecule has 18 heavy (non-hydrogen) atoms. The Labute approximate surface area is 108 Å². The molecule has 1 unspecified atom stereocenters. The second kappa shape index (κ2) is 6.28. The highest BCUT2D eigenvalue weighted by Crippen LogP contribution is 2.12. The Bertz CT molecular complexity index is 468. The van der Waals surface area contributed by atoms with Crippen LogP contribution in [0.5, 0.6) is 0 Å². The van der Waals surface area contributed by atoms with E-state index in [1.807, 2.05) is 48.8 Å². The summed E-state index contributed by atoms with van der Waals surface area (Å²) in [5.41, 5.74) is 3.39. The number of aromatic nitrogens is 1. The summed E-state index contributed by atoms with van der Waals surface area (Å²) in [4.78, 5) is 4.01. The fourth-order valence-electron chi connectivity index (χ4n) is 1.80. The first-order valence-electron chi connectivity index (χ1n) is 6.11. The van der Waals surface area contributed by atoms with Crippen molar-refractivity contribution < 1.29 is 5.11 Å². The number of hydrogen-bond donors (Lipinski definition) is 2. The van der Waals surface area contributed by atoms with Crippen molar-refractivity contribution in [2.75, 3.05) is 0 Å². The van der Waals surface area contributed by atoms with E-state index in [1.165, 1.54) is 11.1 Å². The van der Waals surface area contributed by atoms with Gasteiger partial charge in [0.15, 0.2) is 0 Å². The summed E-state index contributed by atoms with van der Waals surface area (Å²) >= 11 is 0. The number of benzene rings is 1. The molecular weight excluding hydrogens is 224 g/mol. The van der Waals surface area contributed by atoms with Crippen LogP contribution in [0.1, 0.15) is 29.7 Å². The molecule has 1 aromatic carbocycles. The molecule has 0 aliphatic rings. The van der Waals surface area contributed by atoms with Crippen LogP contribution in [0.25, 0.3) is 0 Å². The number of nitrogens with one attached hydrogen (secondary N) is 1. The fourth-order valence-corrected chi connectivity index (χ4v) is 1.80. The maximum atomic E-state index is 8.97. The highest BCUT2D eigenvalue weighted by molar-refractivity contribution is 5.22. The second-order valence-electron chi connectivity index (χ2n) is 4.36. The molecule has 1 aromatic heterocycles. The van der Waals surface area contributed by atoms with Gasteiger partial charge in [-0.05, 0) is 35.7 Å². The van der Waals surface area contributed by atoms with E-state index in [9.17, 15) is 0 Å². The third-order valence-corrected chi connectivity index (χ3v) is 3.02. The van der Waals surface area contributed by atoms with Gasteiger partial charge in [0.1, 0.15) is 0 Å². The van der Waals surface area contributed by atoms with Crippen molar-refractivity contribution in [3.8, 4) is 0 Å². The molecule has 2 rings (SSSR count). The monoisotopic (exact) mass is 242 g/mol. The van der Waals surface area contributed by atoms with Gasteiger partial charge in [-0.2, -0.15) is 0 Å². The van der Waals surface area contributed by atoms with Gasteiger partial charge >= 0.3 is 0 Å². The highest BCUT2D eigenvalue weighted by Gasteiger charge is 2.03. The van der Waals surface area contributed by atoms with Gasteiger partial charge in [-0.3, -0.25) is 4.98 Å². The molecule has 3 nitrogen and oxygen atoms in total. The lowest BCUT2D eigenvalue weighted by atomic mass is 10.1. The van der Waals surface area contributed by atoms with Crippen molar-refractivity contribution in [1.29, 1.82) is 0 Å². The van der Waals surface area contributed by atoms with E-state index in [0.717, 1.165) is 12.1 Å². The number of aliphatic hydroxyl groups excluding tert-OH is 1. The minimum atomic E-state index is 0.0983. The molecule has 3 heteroatoms. The molecule has 0 bridgehead atoms. The summed E-state index contributed by atoms with van der Waals surface area (Å²) in [6.07, 6.45) is 3.62. The first-order valence-corrected chi connectivity index (χ1v) is 6.11. The predicted octanol–water partition coefficient (Wildman–Crippen LogP) is 2.42. The van der Waals surface area contributed by atoms with E-state index in [2.05, 4.69) is 17.2 Å². The summed E-state index contributed by atoms with van der Waals surface area (Å²) in [7, 11) is 0. The third-order valence-electron chi connectivity index (χ3n) is 3.02. The summed E-state index contributed by atoms with van der Waals surface area (Å²) in [5.74, 6) is 0. The largest absolute Gasteiger partial charge is 0.392 e. The second-order valence-corrected chi connectivity index (χ2v) is 4.36. The topological polar surface area (TPSA) is 45.1 Å². The van der Waals surface area contributed by atoms with E-state index in [4.69, 9.17) is 5.11 Å². The van der Waals surface area contributed by atoms with Crippen LogP contribution in [0.15, 0.2) is 48.8 Å². The van der Waals surface area contributed by atoms with Crippen LogP contribution in [0.4, 0.5) is 0 Å². The molecule has 94 valence electrons. The lowest BCUT2D eigenvalue weighted by Gasteiger charge is -2.14. The van der Waals surface area contributed by atoms with Gasteiger partial charge in [0.2, 0.25) is 0 Å². The van der Waals surface area contributed by atoms with Gasteiger partial charge in [-0.15, -0.1) is 0 Å². The Balaban J connectivity index is 1.91. The summed E-state index contributed by atoms with van der Waals surface area (Å²) in [6, 6.07) is 12.3. The first kappa shape index (κ1) is 12.7. The lowest BCUT2D eigenvalue weighted by Crippen LogP contribution is -2.18. The van der Waals surface area contributed by atoms with Gasteiger partial charge in [-0.1, -0.05) is 24.3 Å². The zero-order chi connectivity index (χ0) is 12.8. The van der Waals surface area contributed by atoms with Crippen molar-refractivity contribution in [2.45, 2.75) is 26.1 Å². The molecule has 2 N–H and O–H groups in total. The average Bonchev–Trinajstić information content (AvgIpc) is 2.46. The van der Waals surface area contributed by atoms with E-state index in [1.54, 1.807) is 0 Å². The van der Waals surface area contributed by atoms with Crippen LogP contribution in [0.2, 0.25) is 0 Å². The molecule has 0 spiro atoms. The zero-order valence-electron chi connectivity index (χ0n) is 10.5. The van der Waals surface area contributed by atoms with E-state index in [0.29, 0.717) is 6.04 Å². The SMILES string of the molecule is CC(NCc1ccc(CO)cc1)c1ccncc1. The highest BCUT2D eigenvalue weighted by atomic mass is 16.3. The third kappa shape index (κ3) is 3.39.